The zero-order valence-electron chi connectivity index (χ0n) is 47.3. The van der Waals surface area contributed by atoms with E-state index in [1.807, 2.05) is 6.08 Å². The Morgan fingerprint density at radius 3 is 1.01 bits per heavy atom. The van der Waals surface area contributed by atoms with Crippen LogP contribution >= 0.6 is 0 Å². The minimum absolute atomic E-state index is 0.00685. The number of carbonyl (C=O) groups excluding carboxylic acids is 2. The van der Waals surface area contributed by atoms with Crippen LogP contribution < -0.4 is 5.32 Å². The van der Waals surface area contributed by atoms with Crippen molar-refractivity contribution in [2.24, 2.45) is 0 Å². The predicted octanol–water partition coefficient (Wildman–Crippen LogP) is 19.8. The van der Waals surface area contributed by atoms with Crippen molar-refractivity contribution in [1.29, 1.82) is 0 Å². The molecule has 1 amide bonds. The van der Waals surface area contributed by atoms with Crippen molar-refractivity contribution < 1.29 is 24.5 Å². The fraction of sp³-hybridized carbons (Fsp3) is 0.906. The van der Waals surface area contributed by atoms with E-state index in [-0.39, 0.29) is 18.5 Å². The summed E-state index contributed by atoms with van der Waals surface area (Å²) in [7, 11) is 0. The molecule has 0 saturated carbocycles. The van der Waals surface area contributed by atoms with E-state index in [0.29, 0.717) is 19.4 Å². The summed E-state index contributed by atoms with van der Waals surface area (Å²) in [5.74, 6) is -0.0593. The lowest BCUT2D eigenvalue weighted by atomic mass is 10.0. The molecule has 0 aromatic rings. The molecule has 0 fully saturated rings. The number of aliphatic hydroxyl groups is 2. The zero-order chi connectivity index (χ0) is 50.7. The molecule has 0 aromatic heterocycles. The number of carbonyl (C=O) groups is 2. The quantitative estimate of drug-likeness (QED) is 0.0321. The lowest BCUT2D eigenvalue weighted by molar-refractivity contribution is -0.143. The number of allylic oxidation sites excluding steroid dienone is 3. The molecule has 0 aliphatic heterocycles. The summed E-state index contributed by atoms with van der Waals surface area (Å²) < 4.78 is 5.49. The second-order valence-corrected chi connectivity index (χ2v) is 21.7. The van der Waals surface area contributed by atoms with Crippen molar-refractivity contribution >= 4 is 11.9 Å². The maximum Gasteiger partial charge on any atom is 0.305 e. The Labute approximate surface area is 437 Å². The van der Waals surface area contributed by atoms with E-state index in [9.17, 15) is 19.8 Å². The lowest BCUT2D eigenvalue weighted by Crippen LogP contribution is -2.45. The molecule has 0 rings (SSSR count). The van der Waals surface area contributed by atoms with Crippen LogP contribution in [0.3, 0.4) is 0 Å². The van der Waals surface area contributed by atoms with Gasteiger partial charge in [0.2, 0.25) is 5.91 Å². The molecule has 0 aliphatic rings. The second kappa shape index (κ2) is 59.9. The van der Waals surface area contributed by atoms with Crippen LogP contribution in [0.2, 0.25) is 0 Å². The van der Waals surface area contributed by atoms with Gasteiger partial charge in [0.25, 0.3) is 0 Å². The molecule has 2 unspecified atom stereocenters. The first-order chi connectivity index (χ1) is 34.5. The molecule has 6 nitrogen and oxygen atoms in total. The summed E-state index contributed by atoms with van der Waals surface area (Å²) in [6.45, 7) is 4.91. The molecule has 2 atom stereocenters. The fourth-order valence-electron chi connectivity index (χ4n) is 9.87. The molecule has 0 heterocycles. The van der Waals surface area contributed by atoms with Gasteiger partial charge in [0.15, 0.2) is 0 Å². The number of rotatable bonds is 59. The van der Waals surface area contributed by atoms with Gasteiger partial charge in [-0.1, -0.05) is 301 Å². The summed E-state index contributed by atoms with van der Waals surface area (Å²) in [6, 6.07) is -0.627. The Bertz CT molecular complexity index is 1090. The molecule has 0 bridgehead atoms. The van der Waals surface area contributed by atoms with Crippen molar-refractivity contribution in [3.63, 3.8) is 0 Å². The Hall–Kier alpha value is -1.66. The fourth-order valence-corrected chi connectivity index (χ4v) is 9.87. The first-order valence-electron chi connectivity index (χ1n) is 31.6. The molecule has 0 saturated heterocycles. The molecule has 0 spiro atoms. The molecule has 0 aliphatic carbocycles. The molecule has 70 heavy (non-hydrogen) atoms. The first-order valence-corrected chi connectivity index (χ1v) is 31.6. The minimum atomic E-state index is -0.843. The van der Waals surface area contributed by atoms with Gasteiger partial charge in [0.05, 0.1) is 25.4 Å². The number of hydrogen-bond donors (Lipinski definition) is 3. The van der Waals surface area contributed by atoms with Crippen molar-refractivity contribution in [2.45, 2.75) is 360 Å². The third-order valence-electron chi connectivity index (χ3n) is 14.7. The average Bonchev–Trinajstić information content (AvgIpc) is 3.36. The number of hydrogen-bond acceptors (Lipinski definition) is 5. The Morgan fingerprint density at radius 1 is 0.386 bits per heavy atom. The van der Waals surface area contributed by atoms with Crippen LogP contribution in [0.1, 0.15) is 348 Å². The summed E-state index contributed by atoms with van der Waals surface area (Å²) in [4.78, 5) is 24.5. The van der Waals surface area contributed by atoms with E-state index in [0.717, 1.165) is 44.9 Å². The zero-order valence-corrected chi connectivity index (χ0v) is 47.3. The summed E-state index contributed by atoms with van der Waals surface area (Å²) in [6.07, 6.45) is 73.6. The highest BCUT2D eigenvalue weighted by molar-refractivity contribution is 5.76. The standard InChI is InChI=1S/C64H123NO5/c1-3-5-7-9-11-13-15-17-19-30-34-38-42-46-50-54-58-64(69)70-59-55-51-47-43-39-35-31-28-26-24-22-20-21-23-25-27-29-33-37-41-45-49-53-57-63(68)65-61(60-66)62(67)56-52-48-44-40-36-32-18-16-14-12-10-8-6-4-2/h19,30,52,56,61-62,66-67H,3-18,20-29,31-51,53-55,57-60H2,1-2H3,(H,65,68)/b30-19-,56-52+. The van der Waals surface area contributed by atoms with Crippen molar-refractivity contribution in [3.8, 4) is 0 Å². The van der Waals surface area contributed by atoms with Crippen LogP contribution in [0.25, 0.3) is 0 Å². The molecule has 6 heteroatoms. The minimum Gasteiger partial charge on any atom is -0.466 e. The predicted molar refractivity (Wildman–Crippen MR) is 306 cm³/mol. The summed E-state index contributed by atoms with van der Waals surface area (Å²) in [5, 5.41) is 23.1. The van der Waals surface area contributed by atoms with E-state index in [1.165, 1.54) is 276 Å². The van der Waals surface area contributed by atoms with Crippen LogP contribution in [0.4, 0.5) is 0 Å². The van der Waals surface area contributed by atoms with Gasteiger partial charge in [0, 0.05) is 12.8 Å². The van der Waals surface area contributed by atoms with Gasteiger partial charge in [-0.25, -0.2) is 0 Å². The average molecular weight is 987 g/mol. The van der Waals surface area contributed by atoms with Crippen LogP contribution in [0.5, 0.6) is 0 Å². The van der Waals surface area contributed by atoms with Gasteiger partial charge in [0.1, 0.15) is 0 Å². The van der Waals surface area contributed by atoms with Crippen molar-refractivity contribution in [3.05, 3.63) is 24.3 Å². The monoisotopic (exact) mass is 986 g/mol. The smallest absolute Gasteiger partial charge is 0.305 e. The molecule has 0 radical (unpaired) electrons. The normalized spacial score (nSPS) is 12.7. The van der Waals surface area contributed by atoms with E-state index >= 15 is 0 Å². The highest BCUT2D eigenvalue weighted by atomic mass is 16.5. The highest BCUT2D eigenvalue weighted by Gasteiger charge is 2.18. The highest BCUT2D eigenvalue weighted by Crippen LogP contribution is 2.18. The van der Waals surface area contributed by atoms with Gasteiger partial charge < -0.3 is 20.3 Å². The van der Waals surface area contributed by atoms with E-state index in [4.69, 9.17) is 4.74 Å². The first kappa shape index (κ1) is 68.3. The van der Waals surface area contributed by atoms with Crippen LogP contribution in [0, 0.1) is 0 Å². The number of unbranched alkanes of at least 4 members (excludes halogenated alkanes) is 46. The van der Waals surface area contributed by atoms with Crippen LogP contribution in [-0.2, 0) is 14.3 Å². The topological polar surface area (TPSA) is 95.9 Å². The van der Waals surface area contributed by atoms with Gasteiger partial charge >= 0.3 is 5.97 Å². The van der Waals surface area contributed by atoms with E-state index in [1.54, 1.807) is 6.08 Å². The molecule has 414 valence electrons. The summed E-state index contributed by atoms with van der Waals surface area (Å²) in [5.41, 5.74) is 0. The maximum atomic E-state index is 12.5. The number of aliphatic hydroxyl groups excluding tert-OH is 2. The lowest BCUT2D eigenvalue weighted by Gasteiger charge is -2.20. The SMILES string of the molecule is CCCCCCCCC/C=C\CCCCCCCC(=O)OCCCCCCCCCCCCCCCCCCCCCCCCCC(=O)NC(CO)C(O)/C=C/CCCCCCCCCCCCCC. The van der Waals surface area contributed by atoms with Crippen LogP contribution in [-0.4, -0.2) is 47.4 Å². The van der Waals surface area contributed by atoms with Crippen LogP contribution in [0.15, 0.2) is 24.3 Å². The number of ether oxygens (including phenoxy) is 1. The Kier molecular flexibility index (Phi) is 58.5. The second-order valence-electron chi connectivity index (χ2n) is 21.7. The van der Waals surface area contributed by atoms with Crippen molar-refractivity contribution in [2.75, 3.05) is 13.2 Å². The number of esters is 1. The van der Waals surface area contributed by atoms with E-state index in [2.05, 4.69) is 31.3 Å². The number of amides is 1. The third kappa shape index (κ3) is 55.7. The van der Waals surface area contributed by atoms with Gasteiger partial charge in [-0.3, -0.25) is 9.59 Å². The Morgan fingerprint density at radius 2 is 0.671 bits per heavy atom. The molecule has 0 aromatic carbocycles. The Balaban J connectivity index is 3.38. The maximum absolute atomic E-state index is 12.5. The van der Waals surface area contributed by atoms with Gasteiger partial charge in [-0.05, 0) is 57.8 Å². The van der Waals surface area contributed by atoms with Gasteiger partial charge in [-0.2, -0.15) is 0 Å². The third-order valence-corrected chi connectivity index (χ3v) is 14.7. The largest absolute Gasteiger partial charge is 0.466 e. The molecular weight excluding hydrogens is 863 g/mol. The molecule has 3 N–H and O–H groups in total. The summed E-state index contributed by atoms with van der Waals surface area (Å²) >= 11 is 0. The van der Waals surface area contributed by atoms with Crippen molar-refractivity contribution in [1.82, 2.24) is 5.32 Å². The molecular formula is C64H123NO5. The number of nitrogens with one attached hydrogen (secondary N) is 1. The van der Waals surface area contributed by atoms with Gasteiger partial charge in [-0.15, -0.1) is 0 Å². The van der Waals surface area contributed by atoms with E-state index < -0.39 is 12.1 Å².